The Hall–Kier alpha value is -4.33. The van der Waals surface area contributed by atoms with Crippen molar-refractivity contribution in [3.8, 4) is 11.5 Å². The maximum Gasteiger partial charge on any atom is 0.411 e. The molecule has 3 aliphatic rings. The predicted molar refractivity (Wildman–Crippen MR) is 159 cm³/mol. The molecule has 1 aliphatic heterocycles. The standard InChI is InChI=1S/C33H34N2O10/c1-16-31(42-2)21(34)12-23(44-16)45-22-14-33(41,15-43-32(40)35-17-8-4-3-5-9-17)13-20-24(22)30(39)26-25(29(20)38)27(36)18-10-6-7-11-19(18)28(26)37/h3-11,16,21-23,31,38-39,41H,12-15,34H2,1-2H3,(H,35,40)/t16-,21-,22-,23-,31-,33-/m0/s1. The van der Waals surface area contributed by atoms with Crippen LogP contribution in [0, 0.1) is 0 Å². The number of hydrogen-bond donors (Lipinski definition) is 5. The quantitative estimate of drug-likeness (QED) is 0.200. The number of anilines is 1. The van der Waals surface area contributed by atoms with Crippen molar-refractivity contribution in [3.63, 3.8) is 0 Å². The Kier molecular flexibility index (Phi) is 8.10. The summed E-state index contributed by atoms with van der Waals surface area (Å²) in [5.74, 6) is -2.39. The van der Waals surface area contributed by atoms with Crippen molar-refractivity contribution in [2.24, 2.45) is 5.73 Å². The molecule has 6 rings (SSSR count). The highest BCUT2D eigenvalue weighted by Crippen LogP contribution is 2.52. The summed E-state index contributed by atoms with van der Waals surface area (Å²) in [4.78, 5) is 39.7. The molecule has 3 aromatic carbocycles. The van der Waals surface area contributed by atoms with E-state index < -0.39 is 72.0 Å². The van der Waals surface area contributed by atoms with Gasteiger partial charge in [-0.05, 0) is 19.1 Å². The minimum absolute atomic E-state index is 0.0134. The van der Waals surface area contributed by atoms with Crippen LogP contribution in [0.1, 0.15) is 68.8 Å². The minimum atomic E-state index is -1.82. The lowest BCUT2D eigenvalue weighted by molar-refractivity contribution is -0.251. The molecular formula is C33H34N2O10. The molecule has 0 aromatic heterocycles. The first-order valence-corrected chi connectivity index (χ1v) is 14.6. The first-order chi connectivity index (χ1) is 21.5. The van der Waals surface area contributed by atoms with Gasteiger partial charge in [-0.2, -0.15) is 0 Å². The van der Waals surface area contributed by atoms with Gasteiger partial charge in [0.25, 0.3) is 0 Å². The van der Waals surface area contributed by atoms with E-state index in [9.17, 15) is 29.7 Å². The van der Waals surface area contributed by atoms with Gasteiger partial charge in [0.1, 0.15) is 23.7 Å². The molecule has 0 bridgehead atoms. The molecule has 0 unspecified atom stereocenters. The predicted octanol–water partition coefficient (Wildman–Crippen LogP) is 3.33. The van der Waals surface area contributed by atoms with E-state index in [0.717, 1.165) is 0 Å². The van der Waals surface area contributed by atoms with Gasteiger partial charge in [-0.25, -0.2) is 4.79 Å². The molecule has 1 amide bonds. The number of nitrogens with one attached hydrogen (secondary N) is 1. The molecule has 1 fully saturated rings. The van der Waals surface area contributed by atoms with Crippen molar-refractivity contribution in [1.29, 1.82) is 0 Å². The molecule has 0 saturated carbocycles. The van der Waals surface area contributed by atoms with Crippen molar-refractivity contribution in [2.75, 3.05) is 19.0 Å². The van der Waals surface area contributed by atoms with Crippen LogP contribution in [0.25, 0.3) is 0 Å². The Morgan fingerprint density at radius 2 is 1.64 bits per heavy atom. The number of benzene rings is 3. The molecule has 1 saturated heterocycles. The van der Waals surface area contributed by atoms with Gasteiger partial charge in [-0.15, -0.1) is 0 Å². The number of ketones is 2. The van der Waals surface area contributed by atoms with Crippen LogP contribution in [0.3, 0.4) is 0 Å². The second-order valence-electron chi connectivity index (χ2n) is 11.7. The van der Waals surface area contributed by atoms with Crippen molar-refractivity contribution < 1.29 is 48.7 Å². The van der Waals surface area contributed by atoms with E-state index in [0.29, 0.717) is 5.69 Å². The zero-order valence-electron chi connectivity index (χ0n) is 24.7. The van der Waals surface area contributed by atoms with E-state index in [1.807, 2.05) is 0 Å². The Labute approximate surface area is 258 Å². The molecule has 6 atom stereocenters. The van der Waals surface area contributed by atoms with Gasteiger partial charge in [0.05, 0.1) is 29.4 Å². The zero-order valence-corrected chi connectivity index (χ0v) is 24.7. The van der Waals surface area contributed by atoms with E-state index in [-0.39, 0.29) is 52.6 Å². The fraction of sp³-hybridized carbons (Fsp3) is 0.364. The average Bonchev–Trinajstić information content (AvgIpc) is 3.01. The van der Waals surface area contributed by atoms with Crippen LogP contribution in [0.15, 0.2) is 54.6 Å². The van der Waals surface area contributed by atoms with Crippen molar-refractivity contribution >= 4 is 23.3 Å². The lowest BCUT2D eigenvalue weighted by Gasteiger charge is -2.43. The Bertz CT molecular complexity index is 1650. The largest absolute Gasteiger partial charge is 0.507 e. The van der Waals surface area contributed by atoms with Gasteiger partial charge >= 0.3 is 6.09 Å². The average molecular weight is 619 g/mol. The second-order valence-corrected chi connectivity index (χ2v) is 11.7. The molecule has 0 radical (unpaired) electrons. The number of carbonyl (C=O) groups excluding carboxylic acids is 3. The van der Waals surface area contributed by atoms with E-state index in [1.54, 1.807) is 49.4 Å². The zero-order chi connectivity index (χ0) is 32.0. The van der Waals surface area contributed by atoms with Crippen molar-refractivity contribution in [2.45, 2.75) is 62.4 Å². The van der Waals surface area contributed by atoms with E-state index >= 15 is 0 Å². The lowest BCUT2D eigenvalue weighted by Crippen LogP contribution is -2.53. The number of aliphatic hydroxyl groups is 1. The summed E-state index contributed by atoms with van der Waals surface area (Å²) in [5.41, 5.74) is 4.46. The van der Waals surface area contributed by atoms with Crippen LogP contribution in [0.5, 0.6) is 11.5 Å². The van der Waals surface area contributed by atoms with E-state index in [2.05, 4.69) is 5.32 Å². The van der Waals surface area contributed by atoms with Crippen LogP contribution in [-0.2, 0) is 25.4 Å². The van der Waals surface area contributed by atoms with Gasteiger partial charge in [-0.1, -0.05) is 42.5 Å². The maximum atomic E-state index is 13.6. The Balaban J connectivity index is 1.37. The normalized spacial score (nSPS) is 27.2. The van der Waals surface area contributed by atoms with Crippen LogP contribution >= 0.6 is 0 Å². The summed E-state index contributed by atoms with van der Waals surface area (Å²) in [5, 5.41) is 37.6. The number of phenols is 2. The number of ether oxygens (including phenoxy) is 4. The molecule has 6 N–H and O–H groups in total. The molecule has 12 heteroatoms. The molecular weight excluding hydrogens is 584 g/mol. The lowest BCUT2D eigenvalue weighted by atomic mass is 9.73. The second kappa shape index (κ2) is 11.9. The summed E-state index contributed by atoms with van der Waals surface area (Å²) in [6.07, 6.45) is -4.12. The number of fused-ring (bicyclic) bond motifs is 3. The van der Waals surface area contributed by atoms with Gasteiger partial charge in [0, 0.05) is 60.4 Å². The summed E-state index contributed by atoms with van der Waals surface area (Å²) < 4.78 is 23.1. The molecule has 1 heterocycles. The summed E-state index contributed by atoms with van der Waals surface area (Å²) >= 11 is 0. The van der Waals surface area contributed by atoms with Crippen LogP contribution < -0.4 is 11.1 Å². The summed E-state index contributed by atoms with van der Waals surface area (Å²) in [6, 6.07) is 14.3. The highest BCUT2D eigenvalue weighted by Gasteiger charge is 2.48. The molecule has 45 heavy (non-hydrogen) atoms. The van der Waals surface area contributed by atoms with Crippen molar-refractivity contribution in [1.82, 2.24) is 0 Å². The summed E-state index contributed by atoms with van der Waals surface area (Å²) in [6.45, 7) is 1.25. The first kappa shape index (κ1) is 30.7. The number of phenolic OH excluding ortho intramolecular Hbond substituents is 2. The number of aromatic hydroxyl groups is 2. The Morgan fingerprint density at radius 1 is 1.02 bits per heavy atom. The third kappa shape index (κ3) is 5.55. The van der Waals surface area contributed by atoms with Gasteiger partial charge in [0.2, 0.25) is 0 Å². The number of rotatable bonds is 6. The smallest absolute Gasteiger partial charge is 0.411 e. The van der Waals surface area contributed by atoms with Gasteiger partial charge in [-0.3, -0.25) is 14.9 Å². The van der Waals surface area contributed by atoms with Crippen LogP contribution in [-0.4, -0.2) is 76.8 Å². The number of methoxy groups -OCH3 is 1. The van der Waals surface area contributed by atoms with Crippen LogP contribution in [0.4, 0.5) is 10.5 Å². The fourth-order valence-electron chi connectivity index (χ4n) is 6.57. The first-order valence-electron chi connectivity index (χ1n) is 14.6. The summed E-state index contributed by atoms with van der Waals surface area (Å²) in [7, 11) is 1.53. The van der Waals surface area contributed by atoms with Crippen molar-refractivity contribution in [3.05, 3.63) is 88.0 Å². The molecule has 2 aliphatic carbocycles. The highest BCUT2D eigenvalue weighted by molar-refractivity contribution is 6.30. The fourth-order valence-corrected chi connectivity index (χ4v) is 6.57. The maximum absolute atomic E-state index is 13.6. The number of amides is 1. The number of carbonyl (C=O) groups is 3. The molecule has 3 aromatic rings. The van der Waals surface area contributed by atoms with E-state index in [4.69, 9.17) is 24.7 Å². The minimum Gasteiger partial charge on any atom is -0.507 e. The number of para-hydroxylation sites is 1. The van der Waals surface area contributed by atoms with Gasteiger partial charge < -0.3 is 40.0 Å². The monoisotopic (exact) mass is 618 g/mol. The third-order valence-electron chi connectivity index (χ3n) is 8.65. The number of nitrogens with two attached hydrogens (primary N) is 1. The SMILES string of the molecule is CO[C@H]1[C@H](C)O[C@@H](O[C@H]2C[C@](O)(COC(=O)Nc3ccccc3)Cc3c(O)c4c(c(O)c32)C(=O)c2ccccc2C4=O)C[C@@H]1N. The van der Waals surface area contributed by atoms with Crippen LogP contribution in [0.2, 0.25) is 0 Å². The molecule has 0 spiro atoms. The molecule has 12 nitrogen and oxygen atoms in total. The highest BCUT2D eigenvalue weighted by atomic mass is 16.7. The van der Waals surface area contributed by atoms with Gasteiger partial charge in [0.15, 0.2) is 17.9 Å². The topological polar surface area (TPSA) is 187 Å². The Morgan fingerprint density at radius 3 is 2.27 bits per heavy atom. The third-order valence-corrected chi connectivity index (χ3v) is 8.65. The molecule has 236 valence electrons. The number of hydrogen-bond acceptors (Lipinski definition) is 11. The van der Waals surface area contributed by atoms with E-state index in [1.165, 1.54) is 19.2 Å².